The molecule has 0 radical (unpaired) electrons. The Balaban J connectivity index is 1.14. The van der Waals surface area contributed by atoms with Gasteiger partial charge in [-0.2, -0.15) is 5.10 Å². The Bertz CT molecular complexity index is 1710. The molecule has 1 N–H and O–H groups in total. The van der Waals surface area contributed by atoms with E-state index in [1.807, 2.05) is 24.3 Å². The zero-order valence-corrected chi connectivity index (χ0v) is 23.6. The molecule has 4 heterocycles. The van der Waals surface area contributed by atoms with Crippen LogP contribution in [0, 0.1) is 5.82 Å². The maximum absolute atomic E-state index is 13.5. The van der Waals surface area contributed by atoms with Crippen LogP contribution in [0.5, 0.6) is 5.75 Å². The number of nitrogens with zero attached hydrogens (tertiary/aromatic N) is 5. The highest BCUT2D eigenvalue weighted by atomic mass is 35.5. The lowest BCUT2D eigenvalue weighted by Crippen LogP contribution is -2.31. The van der Waals surface area contributed by atoms with E-state index < -0.39 is 0 Å². The van der Waals surface area contributed by atoms with Crippen LogP contribution in [0.3, 0.4) is 0 Å². The molecule has 2 aromatic carbocycles. The number of halogens is 2. The highest BCUT2D eigenvalue weighted by Crippen LogP contribution is 2.45. The van der Waals surface area contributed by atoms with E-state index in [1.165, 1.54) is 33.8 Å². The van der Waals surface area contributed by atoms with Crippen LogP contribution in [0.4, 0.5) is 15.9 Å². The number of ether oxygens (including phenoxy) is 1. The molecule has 7 nitrogen and oxygen atoms in total. The molecule has 1 aliphatic carbocycles. The fourth-order valence-electron chi connectivity index (χ4n) is 5.65. The molecule has 0 saturated carbocycles. The third-order valence-electron chi connectivity index (χ3n) is 7.79. The first-order valence-corrected chi connectivity index (χ1v) is 14.7. The van der Waals surface area contributed by atoms with Crippen LogP contribution in [-0.2, 0) is 19.4 Å². The fraction of sp³-hybridized carbons (Fsp3) is 0.300. The number of thiophene rings is 1. The number of likely N-dealkylation sites (tertiary alicyclic amines) is 1. The monoisotopic (exact) mass is 574 g/mol. The van der Waals surface area contributed by atoms with Gasteiger partial charge in [-0.15, -0.1) is 11.3 Å². The largest absolute Gasteiger partial charge is 0.487 e. The van der Waals surface area contributed by atoms with Crippen molar-refractivity contribution in [1.82, 2.24) is 24.6 Å². The van der Waals surface area contributed by atoms with Gasteiger partial charge in [0, 0.05) is 22.3 Å². The van der Waals surface area contributed by atoms with E-state index in [0.29, 0.717) is 16.8 Å². The lowest BCUT2D eigenvalue weighted by molar-refractivity contribution is 0.212. The third-order valence-corrected chi connectivity index (χ3v) is 9.26. The Kier molecular flexibility index (Phi) is 6.65. The van der Waals surface area contributed by atoms with Crippen LogP contribution in [0.25, 0.3) is 20.7 Å². The summed E-state index contributed by atoms with van der Waals surface area (Å²) in [6.07, 6.45) is 7.93. The molecule has 0 atom stereocenters. The van der Waals surface area contributed by atoms with Crippen LogP contribution in [0.15, 0.2) is 55.0 Å². The number of aromatic nitrogens is 4. The average molecular weight is 575 g/mol. The average Bonchev–Trinajstić information content (AvgIpc) is 3.55. The van der Waals surface area contributed by atoms with Gasteiger partial charge in [0.15, 0.2) is 0 Å². The molecule has 0 unspecified atom stereocenters. The Morgan fingerprint density at radius 2 is 2.00 bits per heavy atom. The lowest BCUT2D eigenvalue weighted by Gasteiger charge is -2.29. The lowest BCUT2D eigenvalue weighted by atomic mass is 9.95. The van der Waals surface area contributed by atoms with Crippen molar-refractivity contribution in [3.63, 3.8) is 0 Å². The summed E-state index contributed by atoms with van der Waals surface area (Å²) in [5.74, 6) is 1.00. The van der Waals surface area contributed by atoms with Crippen molar-refractivity contribution in [2.24, 2.45) is 0 Å². The summed E-state index contributed by atoms with van der Waals surface area (Å²) < 4.78 is 21.5. The van der Waals surface area contributed by atoms with Crippen LogP contribution in [0.2, 0.25) is 5.02 Å². The molecule has 1 aliphatic heterocycles. The number of rotatable bonds is 6. The molecule has 0 amide bonds. The Morgan fingerprint density at radius 3 is 2.83 bits per heavy atom. The molecule has 3 aromatic heterocycles. The second kappa shape index (κ2) is 10.5. The van der Waals surface area contributed by atoms with Gasteiger partial charge in [0.05, 0.1) is 22.1 Å². The fourth-order valence-corrected chi connectivity index (χ4v) is 7.11. The maximum Gasteiger partial charge on any atom is 0.142 e. The van der Waals surface area contributed by atoms with Gasteiger partial charge in [-0.3, -0.25) is 4.68 Å². The molecule has 1 fully saturated rings. The Labute approximate surface area is 240 Å². The number of hydrogen-bond acceptors (Lipinski definition) is 7. The van der Waals surface area contributed by atoms with E-state index in [1.54, 1.807) is 23.7 Å². The van der Waals surface area contributed by atoms with Crippen molar-refractivity contribution in [3.8, 4) is 16.2 Å². The molecular weight excluding hydrogens is 547 g/mol. The highest BCUT2D eigenvalue weighted by Gasteiger charge is 2.28. The van der Waals surface area contributed by atoms with Crippen LogP contribution < -0.4 is 10.1 Å². The highest BCUT2D eigenvalue weighted by molar-refractivity contribution is 7.22. The first-order chi connectivity index (χ1) is 19.5. The van der Waals surface area contributed by atoms with E-state index in [9.17, 15) is 4.39 Å². The number of hydrogen-bond donors (Lipinski definition) is 1. The Morgan fingerprint density at radius 1 is 1.12 bits per heavy atom. The predicted molar refractivity (Wildman–Crippen MR) is 157 cm³/mol. The van der Waals surface area contributed by atoms with Crippen LogP contribution in [-0.4, -0.2) is 44.8 Å². The number of piperidine rings is 1. The quantitative estimate of drug-likeness (QED) is 0.235. The van der Waals surface area contributed by atoms with Crippen LogP contribution >= 0.6 is 22.9 Å². The standard InChI is InChI=1S/C30H28ClFN6OS/c1-37-11-9-21(10-12-37)38-15-23-25(36-38)7-6-22-27-29(33-17-34-30(27)40-28(22)23)35-20-5-8-26(24(31)14-20)39-16-18-3-2-4-19(32)13-18/h2-5,8,13-15,17,21H,6-7,9-12,16H2,1H3,(H,33,34,35). The van der Waals surface area contributed by atoms with Crippen molar-refractivity contribution >= 4 is 44.7 Å². The molecule has 2 aliphatic rings. The maximum atomic E-state index is 13.5. The van der Waals surface area contributed by atoms with E-state index in [0.717, 1.165) is 66.1 Å². The van der Waals surface area contributed by atoms with E-state index >= 15 is 0 Å². The van der Waals surface area contributed by atoms with Crippen molar-refractivity contribution in [2.45, 2.75) is 38.3 Å². The van der Waals surface area contributed by atoms with Gasteiger partial charge in [-0.1, -0.05) is 23.7 Å². The van der Waals surface area contributed by atoms with Gasteiger partial charge < -0.3 is 15.0 Å². The topological polar surface area (TPSA) is 68.1 Å². The molecular formula is C30H28ClFN6OS. The number of fused-ring (bicyclic) bond motifs is 5. The van der Waals surface area contributed by atoms with Gasteiger partial charge in [-0.25, -0.2) is 14.4 Å². The van der Waals surface area contributed by atoms with Crippen molar-refractivity contribution in [1.29, 1.82) is 0 Å². The number of aryl methyl sites for hydroxylation is 2. The van der Waals surface area contributed by atoms with E-state index in [2.05, 4.69) is 38.1 Å². The summed E-state index contributed by atoms with van der Waals surface area (Å²) in [7, 11) is 2.19. The number of nitrogens with one attached hydrogen (secondary N) is 1. The van der Waals surface area contributed by atoms with Gasteiger partial charge >= 0.3 is 0 Å². The molecule has 10 heteroatoms. The predicted octanol–water partition coefficient (Wildman–Crippen LogP) is 7.04. The molecule has 0 spiro atoms. The van der Waals surface area contributed by atoms with Crippen molar-refractivity contribution in [2.75, 3.05) is 25.5 Å². The first-order valence-electron chi connectivity index (χ1n) is 13.5. The smallest absolute Gasteiger partial charge is 0.142 e. The minimum Gasteiger partial charge on any atom is -0.487 e. The van der Waals surface area contributed by atoms with Gasteiger partial charge in [0.25, 0.3) is 0 Å². The van der Waals surface area contributed by atoms with Gasteiger partial charge in [0.2, 0.25) is 0 Å². The molecule has 0 bridgehead atoms. The SMILES string of the molecule is CN1CCC(n2cc3c(n2)CCc2c-3sc3ncnc(Nc4ccc(OCc5cccc(F)c5)c(Cl)c4)c23)CC1. The van der Waals surface area contributed by atoms with Gasteiger partial charge in [-0.05, 0) is 87.3 Å². The minimum atomic E-state index is -0.291. The summed E-state index contributed by atoms with van der Waals surface area (Å²) >= 11 is 8.27. The second-order valence-corrected chi connectivity index (χ2v) is 11.9. The van der Waals surface area contributed by atoms with E-state index in [-0.39, 0.29) is 12.4 Å². The summed E-state index contributed by atoms with van der Waals surface area (Å²) in [5.41, 5.74) is 5.23. The molecule has 5 aromatic rings. The molecule has 1 saturated heterocycles. The van der Waals surface area contributed by atoms with Crippen molar-refractivity contribution < 1.29 is 9.13 Å². The van der Waals surface area contributed by atoms with Gasteiger partial charge in [0.1, 0.15) is 35.1 Å². The summed E-state index contributed by atoms with van der Waals surface area (Å²) in [4.78, 5) is 13.8. The first kappa shape index (κ1) is 25.4. The third kappa shape index (κ3) is 4.82. The molecule has 204 valence electrons. The molecule has 7 rings (SSSR count). The Hall–Kier alpha value is -3.53. The number of anilines is 2. The summed E-state index contributed by atoms with van der Waals surface area (Å²) in [6, 6.07) is 12.3. The van der Waals surface area contributed by atoms with Crippen LogP contribution in [0.1, 0.15) is 35.7 Å². The zero-order valence-electron chi connectivity index (χ0n) is 22.0. The normalized spacial score (nSPS) is 15.7. The zero-order chi connectivity index (χ0) is 27.2. The van der Waals surface area contributed by atoms with E-state index in [4.69, 9.17) is 21.4 Å². The summed E-state index contributed by atoms with van der Waals surface area (Å²) in [5, 5.41) is 10.0. The van der Waals surface area contributed by atoms with Crippen molar-refractivity contribution in [3.05, 3.63) is 82.6 Å². The molecule has 40 heavy (non-hydrogen) atoms. The minimum absolute atomic E-state index is 0.230. The second-order valence-electron chi connectivity index (χ2n) is 10.5. The number of benzene rings is 2. The summed E-state index contributed by atoms with van der Waals surface area (Å²) in [6.45, 7) is 2.45.